The molecule has 2 N–H and O–H groups in total. The third-order valence-electron chi connectivity index (χ3n) is 3.38. The van der Waals surface area contributed by atoms with Crippen molar-refractivity contribution in [2.45, 2.75) is 32.2 Å². The fraction of sp³-hybridized carbons (Fsp3) is 0.500. The average Bonchev–Trinajstić information content (AvgIpc) is 2.74. The van der Waals surface area contributed by atoms with Crippen molar-refractivity contribution in [2.75, 3.05) is 13.1 Å². The van der Waals surface area contributed by atoms with Gasteiger partial charge in [0, 0.05) is 25.8 Å². The van der Waals surface area contributed by atoms with Crippen LogP contribution >= 0.6 is 0 Å². The Kier molecular flexibility index (Phi) is 4.92. The summed E-state index contributed by atoms with van der Waals surface area (Å²) in [5.74, 6) is -1.05. The standard InChI is InChI=1S/C14H19N3O3/c18-13(19)12-6-5-11(9-15-12)10-16-14(20)17-7-3-1-2-4-8-17/h5-6,9H,1-4,7-8,10H2,(H,16,20)(H,18,19). The maximum atomic E-state index is 12.0. The third-order valence-corrected chi connectivity index (χ3v) is 3.38. The lowest BCUT2D eigenvalue weighted by atomic mass is 10.2. The maximum absolute atomic E-state index is 12.0. The van der Waals surface area contributed by atoms with Gasteiger partial charge in [-0.15, -0.1) is 0 Å². The predicted molar refractivity (Wildman–Crippen MR) is 73.5 cm³/mol. The first-order valence-electron chi connectivity index (χ1n) is 6.88. The highest BCUT2D eigenvalue weighted by Crippen LogP contribution is 2.09. The molecule has 2 rings (SSSR count). The summed E-state index contributed by atoms with van der Waals surface area (Å²) in [7, 11) is 0. The molecule has 1 aromatic rings. The Labute approximate surface area is 117 Å². The highest BCUT2D eigenvalue weighted by Gasteiger charge is 2.14. The number of urea groups is 1. The van der Waals surface area contributed by atoms with Gasteiger partial charge in [0.25, 0.3) is 0 Å². The highest BCUT2D eigenvalue weighted by molar-refractivity contribution is 5.85. The molecule has 0 aromatic carbocycles. The normalized spacial score (nSPS) is 15.5. The van der Waals surface area contributed by atoms with Crippen molar-refractivity contribution in [3.05, 3.63) is 29.6 Å². The summed E-state index contributed by atoms with van der Waals surface area (Å²) in [6, 6.07) is 3.05. The Balaban J connectivity index is 1.84. The number of pyridine rings is 1. The molecule has 0 spiro atoms. The Bertz CT molecular complexity index is 465. The molecule has 1 saturated heterocycles. The number of nitrogens with one attached hydrogen (secondary N) is 1. The minimum atomic E-state index is -1.05. The van der Waals surface area contributed by atoms with Crippen LogP contribution in [-0.4, -0.2) is 40.1 Å². The van der Waals surface area contributed by atoms with Crippen molar-refractivity contribution in [2.24, 2.45) is 0 Å². The molecule has 0 saturated carbocycles. The van der Waals surface area contributed by atoms with Crippen LogP contribution in [0.2, 0.25) is 0 Å². The number of carbonyl (C=O) groups excluding carboxylic acids is 1. The second-order valence-electron chi connectivity index (χ2n) is 4.92. The van der Waals surface area contributed by atoms with Crippen LogP contribution in [-0.2, 0) is 6.54 Å². The van der Waals surface area contributed by atoms with Gasteiger partial charge in [0.15, 0.2) is 0 Å². The summed E-state index contributed by atoms with van der Waals surface area (Å²) in [5, 5.41) is 11.6. The number of amides is 2. The number of carboxylic acids is 1. The van der Waals surface area contributed by atoms with Gasteiger partial charge in [-0.3, -0.25) is 0 Å². The van der Waals surface area contributed by atoms with Crippen molar-refractivity contribution < 1.29 is 14.7 Å². The van der Waals surface area contributed by atoms with E-state index >= 15 is 0 Å². The first kappa shape index (κ1) is 14.3. The summed E-state index contributed by atoms with van der Waals surface area (Å²) in [6.45, 7) is 1.98. The van der Waals surface area contributed by atoms with E-state index in [-0.39, 0.29) is 11.7 Å². The molecule has 6 heteroatoms. The molecule has 108 valence electrons. The molecule has 0 atom stereocenters. The van der Waals surface area contributed by atoms with Crippen LogP contribution in [0.5, 0.6) is 0 Å². The van der Waals surface area contributed by atoms with E-state index in [1.165, 1.54) is 25.1 Å². The van der Waals surface area contributed by atoms with Gasteiger partial charge in [0.2, 0.25) is 0 Å². The Morgan fingerprint density at radius 3 is 2.45 bits per heavy atom. The van der Waals surface area contributed by atoms with E-state index in [4.69, 9.17) is 5.11 Å². The zero-order valence-corrected chi connectivity index (χ0v) is 11.3. The topological polar surface area (TPSA) is 82.5 Å². The molecule has 0 aliphatic carbocycles. The minimum Gasteiger partial charge on any atom is -0.477 e. The molecule has 1 aromatic heterocycles. The summed E-state index contributed by atoms with van der Waals surface area (Å²) in [4.78, 5) is 28.3. The van der Waals surface area contributed by atoms with Crippen LogP contribution < -0.4 is 5.32 Å². The number of nitrogens with zero attached hydrogens (tertiary/aromatic N) is 2. The quantitative estimate of drug-likeness (QED) is 0.883. The van der Waals surface area contributed by atoms with Gasteiger partial charge in [-0.1, -0.05) is 18.9 Å². The van der Waals surface area contributed by atoms with Crippen molar-refractivity contribution in [1.82, 2.24) is 15.2 Å². The van der Waals surface area contributed by atoms with Crippen molar-refractivity contribution >= 4 is 12.0 Å². The van der Waals surface area contributed by atoms with Crippen molar-refractivity contribution in [1.29, 1.82) is 0 Å². The number of hydrogen-bond acceptors (Lipinski definition) is 3. The van der Waals surface area contributed by atoms with Crippen LogP contribution in [0.3, 0.4) is 0 Å². The predicted octanol–water partition coefficient (Wildman–Crippen LogP) is 1.87. The van der Waals surface area contributed by atoms with Gasteiger partial charge in [0.05, 0.1) is 0 Å². The van der Waals surface area contributed by atoms with Gasteiger partial charge in [0.1, 0.15) is 5.69 Å². The smallest absolute Gasteiger partial charge is 0.354 e. The zero-order valence-electron chi connectivity index (χ0n) is 11.3. The van der Waals surface area contributed by atoms with E-state index in [1.54, 1.807) is 6.07 Å². The monoisotopic (exact) mass is 277 g/mol. The summed E-state index contributed by atoms with van der Waals surface area (Å²) in [6.07, 6.45) is 5.96. The number of carboxylic acid groups (broad SMARTS) is 1. The van der Waals surface area contributed by atoms with Crippen LogP contribution in [0, 0.1) is 0 Å². The molecule has 0 bridgehead atoms. The highest BCUT2D eigenvalue weighted by atomic mass is 16.4. The van der Waals surface area contributed by atoms with Crippen LogP contribution in [0.25, 0.3) is 0 Å². The average molecular weight is 277 g/mol. The Morgan fingerprint density at radius 2 is 1.90 bits per heavy atom. The molecule has 6 nitrogen and oxygen atoms in total. The lowest BCUT2D eigenvalue weighted by Gasteiger charge is -2.20. The number of likely N-dealkylation sites (tertiary alicyclic amines) is 1. The van der Waals surface area contributed by atoms with E-state index in [1.807, 2.05) is 4.90 Å². The second-order valence-corrected chi connectivity index (χ2v) is 4.92. The van der Waals surface area contributed by atoms with Gasteiger partial charge >= 0.3 is 12.0 Å². The molecule has 1 aliphatic rings. The van der Waals surface area contributed by atoms with Gasteiger partial charge in [-0.2, -0.15) is 0 Å². The maximum Gasteiger partial charge on any atom is 0.354 e. The Morgan fingerprint density at radius 1 is 1.20 bits per heavy atom. The fourth-order valence-corrected chi connectivity index (χ4v) is 2.22. The lowest BCUT2D eigenvalue weighted by Crippen LogP contribution is -2.40. The SMILES string of the molecule is O=C(O)c1ccc(CNC(=O)N2CCCCCC2)cn1. The van der Waals surface area contributed by atoms with Crippen LogP contribution in [0.1, 0.15) is 41.7 Å². The summed E-state index contributed by atoms with van der Waals surface area (Å²) >= 11 is 0. The summed E-state index contributed by atoms with van der Waals surface area (Å²) in [5.41, 5.74) is 0.797. The molecule has 0 radical (unpaired) electrons. The van der Waals surface area contributed by atoms with Crippen molar-refractivity contribution in [3.63, 3.8) is 0 Å². The first-order chi connectivity index (χ1) is 9.66. The molecular weight excluding hydrogens is 258 g/mol. The molecular formula is C14H19N3O3. The number of hydrogen-bond donors (Lipinski definition) is 2. The van der Waals surface area contributed by atoms with E-state index in [0.717, 1.165) is 31.5 Å². The van der Waals surface area contributed by atoms with E-state index in [0.29, 0.717) is 6.54 Å². The van der Waals surface area contributed by atoms with Crippen LogP contribution in [0.4, 0.5) is 4.79 Å². The Hall–Kier alpha value is -2.11. The number of carbonyl (C=O) groups is 2. The fourth-order valence-electron chi connectivity index (χ4n) is 2.22. The minimum absolute atomic E-state index is 0.00703. The van der Waals surface area contributed by atoms with E-state index in [2.05, 4.69) is 10.3 Å². The molecule has 2 heterocycles. The number of aromatic nitrogens is 1. The van der Waals surface area contributed by atoms with Crippen LogP contribution in [0.15, 0.2) is 18.3 Å². The molecule has 1 fully saturated rings. The second kappa shape index (κ2) is 6.88. The third kappa shape index (κ3) is 3.94. The van der Waals surface area contributed by atoms with Gasteiger partial charge in [-0.05, 0) is 24.5 Å². The molecule has 0 unspecified atom stereocenters. The summed E-state index contributed by atoms with van der Waals surface area (Å²) < 4.78 is 0. The van der Waals surface area contributed by atoms with Gasteiger partial charge < -0.3 is 15.3 Å². The molecule has 2 amide bonds. The van der Waals surface area contributed by atoms with E-state index in [9.17, 15) is 9.59 Å². The first-order valence-corrected chi connectivity index (χ1v) is 6.88. The number of aromatic carboxylic acids is 1. The van der Waals surface area contributed by atoms with Gasteiger partial charge in [-0.25, -0.2) is 14.6 Å². The lowest BCUT2D eigenvalue weighted by molar-refractivity contribution is 0.0690. The number of rotatable bonds is 3. The largest absolute Gasteiger partial charge is 0.477 e. The molecule has 20 heavy (non-hydrogen) atoms. The zero-order chi connectivity index (χ0) is 14.4. The van der Waals surface area contributed by atoms with E-state index < -0.39 is 5.97 Å². The van der Waals surface area contributed by atoms with Crippen molar-refractivity contribution in [3.8, 4) is 0 Å². The molecule has 1 aliphatic heterocycles.